The molecule has 4 nitrogen and oxygen atoms in total. The molecule has 2 fully saturated rings. The number of pyridine rings is 1. The molecule has 1 aromatic heterocycles. The Hall–Kier alpha value is -1.20. The summed E-state index contributed by atoms with van der Waals surface area (Å²) >= 11 is 5.92. The minimum absolute atomic E-state index is 0.0721. The zero-order valence-electron chi connectivity index (χ0n) is 11.9. The molecule has 21 heavy (non-hydrogen) atoms. The lowest BCUT2D eigenvalue weighted by molar-refractivity contribution is 0.0770. The molecule has 0 bridgehead atoms. The number of rotatable bonds is 2. The average molecular weight is 312 g/mol. The topological polar surface area (TPSA) is 36.4 Å². The molecule has 0 spiro atoms. The van der Waals surface area contributed by atoms with Gasteiger partial charge in [0.1, 0.15) is 11.0 Å². The number of carbonyl (C=O) groups is 1. The Morgan fingerprint density at radius 1 is 1.29 bits per heavy atom. The maximum atomic E-state index is 13.3. The Labute approximate surface area is 128 Å². The smallest absolute Gasteiger partial charge is 0.257 e. The van der Waals surface area contributed by atoms with Crippen molar-refractivity contribution in [2.75, 3.05) is 26.2 Å². The molecule has 1 aromatic rings. The van der Waals surface area contributed by atoms with E-state index in [1.807, 2.05) is 0 Å². The van der Waals surface area contributed by atoms with Crippen molar-refractivity contribution in [2.45, 2.75) is 31.7 Å². The summed E-state index contributed by atoms with van der Waals surface area (Å²) in [6, 6.07) is 1.60. The van der Waals surface area contributed by atoms with Crippen molar-refractivity contribution in [3.05, 3.63) is 28.8 Å². The summed E-state index contributed by atoms with van der Waals surface area (Å²) in [6.45, 7) is 3.64. The van der Waals surface area contributed by atoms with Gasteiger partial charge < -0.3 is 4.90 Å². The van der Waals surface area contributed by atoms with Gasteiger partial charge in [-0.15, -0.1) is 0 Å². The zero-order chi connectivity index (χ0) is 14.8. The van der Waals surface area contributed by atoms with Crippen molar-refractivity contribution < 1.29 is 9.18 Å². The summed E-state index contributed by atoms with van der Waals surface area (Å²) in [6.07, 6.45) is 5.79. The third kappa shape index (κ3) is 3.19. The highest BCUT2D eigenvalue weighted by molar-refractivity contribution is 6.32. The first-order valence-electron chi connectivity index (χ1n) is 7.49. The molecule has 1 atom stereocenters. The Kier molecular flexibility index (Phi) is 4.40. The van der Waals surface area contributed by atoms with E-state index < -0.39 is 5.82 Å². The van der Waals surface area contributed by atoms with Gasteiger partial charge in [-0.05, 0) is 38.4 Å². The van der Waals surface area contributed by atoms with Crippen LogP contribution in [0.5, 0.6) is 0 Å². The highest BCUT2D eigenvalue weighted by Gasteiger charge is 2.32. The van der Waals surface area contributed by atoms with E-state index in [-0.39, 0.29) is 16.6 Å². The Bertz CT molecular complexity index is 534. The van der Waals surface area contributed by atoms with Crippen LogP contribution in [0.1, 0.15) is 36.0 Å². The van der Waals surface area contributed by atoms with E-state index in [0.717, 1.165) is 25.7 Å². The molecule has 2 aliphatic rings. The van der Waals surface area contributed by atoms with Gasteiger partial charge in [-0.3, -0.25) is 9.69 Å². The second kappa shape index (κ2) is 6.28. The first-order valence-corrected chi connectivity index (χ1v) is 7.87. The highest BCUT2D eigenvalue weighted by atomic mass is 35.5. The van der Waals surface area contributed by atoms with Gasteiger partial charge in [0.25, 0.3) is 5.91 Å². The molecular weight excluding hydrogens is 293 g/mol. The van der Waals surface area contributed by atoms with Crippen molar-refractivity contribution in [3.8, 4) is 0 Å². The molecule has 0 aromatic carbocycles. The van der Waals surface area contributed by atoms with E-state index in [4.69, 9.17) is 11.6 Å². The van der Waals surface area contributed by atoms with E-state index in [0.29, 0.717) is 19.1 Å². The molecular formula is C15H19ClFN3O. The van der Waals surface area contributed by atoms with Crippen LogP contribution < -0.4 is 0 Å². The molecule has 1 amide bonds. The second-order valence-corrected chi connectivity index (χ2v) is 6.14. The van der Waals surface area contributed by atoms with Gasteiger partial charge in [-0.1, -0.05) is 18.0 Å². The van der Waals surface area contributed by atoms with Crippen molar-refractivity contribution in [1.82, 2.24) is 14.8 Å². The minimum atomic E-state index is -0.533. The van der Waals surface area contributed by atoms with Crippen LogP contribution in [0.4, 0.5) is 4.39 Å². The Morgan fingerprint density at radius 3 is 2.81 bits per heavy atom. The van der Waals surface area contributed by atoms with Gasteiger partial charge in [-0.2, -0.15) is 0 Å². The summed E-state index contributed by atoms with van der Waals surface area (Å²) in [7, 11) is 0. The number of piperidine rings is 1. The van der Waals surface area contributed by atoms with Crippen LogP contribution in [0.3, 0.4) is 0 Å². The van der Waals surface area contributed by atoms with Gasteiger partial charge in [0.05, 0.1) is 11.8 Å². The predicted molar refractivity (Wildman–Crippen MR) is 78.9 cm³/mol. The molecule has 114 valence electrons. The SMILES string of the molecule is O=C(c1cc(F)cnc1Cl)N1CCC(N2CCCCC2)C1. The molecule has 1 unspecified atom stereocenters. The normalized spacial score (nSPS) is 23.5. The molecule has 6 heteroatoms. The van der Waals surface area contributed by atoms with Gasteiger partial charge in [-0.25, -0.2) is 9.37 Å². The van der Waals surface area contributed by atoms with E-state index >= 15 is 0 Å². The Morgan fingerprint density at radius 2 is 2.05 bits per heavy atom. The van der Waals surface area contributed by atoms with Crippen LogP contribution >= 0.6 is 11.6 Å². The van der Waals surface area contributed by atoms with E-state index in [9.17, 15) is 9.18 Å². The molecule has 2 saturated heterocycles. The zero-order valence-corrected chi connectivity index (χ0v) is 12.7. The predicted octanol–water partition coefficient (Wildman–Crippen LogP) is 2.57. The molecule has 0 radical (unpaired) electrons. The largest absolute Gasteiger partial charge is 0.337 e. The summed E-state index contributed by atoms with van der Waals surface area (Å²) in [5, 5.41) is 0.0721. The number of likely N-dealkylation sites (tertiary alicyclic amines) is 2. The lowest BCUT2D eigenvalue weighted by atomic mass is 10.1. The number of amides is 1. The maximum absolute atomic E-state index is 13.3. The third-order valence-corrected chi connectivity index (χ3v) is 4.69. The maximum Gasteiger partial charge on any atom is 0.257 e. The summed E-state index contributed by atoms with van der Waals surface area (Å²) in [4.78, 5) is 20.4. The number of carbonyl (C=O) groups excluding carboxylic acids is 1. The van der Waals surface area contributed by atoms with Crippen molar-refractivity contribution in [3.63, 3.8) is 0 Å². The molecule has 2 aliphatic heterocycles. The third-order valence-electron chi connectivity index (χ3n) is 4.39. The Balaban J connectivity index is 1.67. The summed E-state index contributed by atoms with van der Waals surface area (Å²) in [5.74, 6) is -0.749. The second-order valence-electron chi connectivity index (χ2n) is 5.78. The quantitative estimate of drug-likeness (QED) is 0.788. The fraction of sp³-hybridized carbons (Fsp3) is 0.600. The number of hydrogen-bond acceptors (Lipinski definition) is 3. The van der Waals surface area contributed by atoms with Crippen molar-refractivity contribution >= 4 is 17.5 Å². The van der Waals surface area contributed by atoms with Crippen LogP contribution in [-0.4, -0.2) is 52.9 Å². The molecule has 3 rings (SSSR count). The number of nitrogens with zero attached hydrogens (tertiary/aromatic N) is 3. The van der Waals surface area contributed by atoms with Crippen molar-refractivity contribution in [1.29, 1.82) is 0 Å². The summed E-state index contributed by atoms with van der Waals surface area (Å²) < 4.78 is 13.3. The molecule has 0 aliphatic carbocycles. The first-order chi connectivity index (χ1) is 10.1. The van der Waals surface area contributed by atoms with Crippen LogP contribution in [-0.2, 0) is 0 Å². The number of halogens is 2. The van der Waals surface area contributed by atoms with E-state index in [1.165, 1.54) is 25.3 Å². The van der Waals surface area contributed by atoms with Crippen molar-refractivity contribution in [2.24, 2.45) is 0 Å². The van der Waals surface area contributed by atoms with Gasteiger partial charge >= 0.3 is 0 Å². The van der Waals surface area contributed by atoms with Crippen LogP contribution in [0, 0.1) is 5.82 Å². The lowest BCUT2D eigenvalue weighted by Gasteiger charge is -2.32. The highest BCUT2D eigenvalue weighted by Crippen LogP contribution is 2.23. The van der Waals surface area contributed by atoms with Crippen LogP contribution in [0.2, 0.25) is 5.15 Å². The number of aromatic nitrogens is 1. The molecule has 0 saturated carbocycles. The minimum Gasteiger partial charge on any atom is -0.337 e. The first kappa shape index (κ1) is 14.7. The average Bonchev–Trinajstić information content (AvgIpc) is 3.00. The van der Waals surface area contributed by atoms with E-state index in [1.54, 1.807) is 4.90 Å². The summed E-state index contributed by atoms with van der Waals surface area (Å²) in [5.41, 5.74) is 0.163. The standard InChI is InChI=1S/C15H19ClFN3O/c16-14-13(8-11(17)9-18-14)15(21)20-7-4-12(10-20)19-5-2-1-3-6-19/h8-9,12H,1-7,10H2. The monoisotopic (exact) mass is 311 g/mol. The van der Waals surface area contributed by atoms with Crippen LogP contribution in [0.15, 0.2) is 12.3 Å². The molecule has 0 N–H and O–H groups in total. The van der Waals surface area contributed by atoms with Crippen LogP contribution in [0.25, 0.3) is 0 Å². The fourth-order valence-electron chi connectivity index (χ4n) is 3.25. The van der Waals surface area contributed by atoms with Gasteiger partial charge in [0, 0.05) is 19.1 Å². The lowest BCUT2D eigenvalue weighted by Crippen LogP contribution is -2.41. The fourth-order valence-corrected chi connectivity index (χ4v) is 3.43. The van der Waals surface area contributed by atoms with E-state index in [2.05, 4.69) is 9.88 Å². The van der Waals surface area contributed by atoms with Gasteiger partial charge in [0.15, 0.2) is 0 Å². The molecule has 3 heterocycles. The number of hydrogen-bond donors (Lipinski definition) is 0. The van der Waals surface area contributed by atoms with Gasteiger partial charge in [0.2, 0.25) is 0 Å².